The molecule has 27 heavy (non-hydrogen) atoms. The predicted octanol–water partition coefficient (Wildman–Crippen LogP) is 3.87. The second-order valence-electron chi connectivity index (χ2n) is 8.14. The molecular weight excluding hydrogens is 353 g/mol. The van der Waals surface area contributed by atoms with E-state index in [2.05, 4.69) is 44.8 Å². The van der Waals surface area contributed by atoms with Crippen LogP contribution in [0.4, 0.5) is 5.69 Å². The van der Waals surface area contributed by atoms with Gasteiger partial charge in [-0.2, -0.15) is 0 Å². The highest BCUT2D eigenvalue weighted by atomic mass is 31.2. The second kappa shape index (κ2) is 5.62. The largest absolute Gasteiger partial charge is 0.273 e. The first kappa shape index (κ1) is 16.9. The molecule has 2 bridgehead atoms. The molecule has 2 saturated heterocycles. The van der Waals surface area contributed by atoms with Crippen molar-refractivity contribution in [3.05, 3.63) is 71.8 Å². The third kappa shape index (κ3) is 1.96. The number of carbonyl (C=O) groups is 2. The van der Waals surface area contributed by atoms with Crippen molar-refractivity contribution in [2.75, 3.05) is 11.6 Å². The van der Waals surface area contributed by atoms with Gasteiger partial charge in [0.15, 0.2) is 0 Å². The van der Waals surface area contributed by atoms with E-state index in [1.54, 1.807) is 0 Å². The van der Waals surface area contributed by atoms with Gasteiger partial charge in [-0.05, 0) is 49.3 Å². The van der Waals surface area contributed by atoms with Crippen LogP contribution in [0.15, 0.2) is 71.8 Å². The number of hydrogen-bond acceptors (Lipinski definition) is 2. The topological polar surface area (TPSA) is 37.4 Å². The number of hydrogen-bond donors (Lipinski definition) is 0. The fourth-order valence-corrected chi connectivity index (χ4v) is 11.7. The Morgan fingerprint density at radius 3 is 1.67 bits per heavy atom. The van der Waals surface area contributed by atoms with Crippen molar-refractivity contribution < 1.29 is 9.59 Å². The molecule has 3 aliphatic rings. The van der Waals surface area contributed by atoms with Crippen LogP contribution in [-0.2, 0) is 9.59 Å². The first-order valence-corrected chi connectivity index (χ1v) is 11.9. The quantitative estimate of drug-likeness (QED) is 0.453. The molecule has 136 valence electrons. The summed E-state index contributed by atoms with van der Waals surface area (Å²) in [7, 11) is -1.67. The molecule has 0 aromatic heterocycles. The van der Waals surface area contributed by atoms with Gasteiger partial charge in [0.1, 0.15) is 11.3 Å². The molecule has 0 spiro atoms. The summed E-state index contributed by atoms with van der Waals surface area (Å²) in [5.74, 6) is -0.412. The monoisotopic (exact) mass is 376 g/mol. The van der Waals surface area contributed by atoms with Crippen molar-refractivity contribution in [1.82, 2.24) is 0 Å². The maximum atomic E-state index is 13.5. The van der Waals surface area contributed by atoms with Crippen LogP contribution in [0.1, 0.15) is 13.8 Å². The van der Waals surface area contributed by atoms with Crippen molar-refractivity contribution in [3.8, 4) is 0 Å². The molecular formula is C23H23NO2P+. The number of carbonyl (C=O) groups excluding carboxylic acids is 2. The normalized spacial score (nSPS) is 34.6. The van der Waals surface area contributed by atoms with E-state index in [9.17, 15) is 9.59 Å². The lowest BCUT2D eigenvalue weighted by Gasteiger charge is -2.28. The molecule has 2 fully saturated rings. The first-order chi connectivity index (χ1) is 13.0. The molecule has 5 rings (SSSR count). The number of fused-ring (bicyclic) bond motifs is 5. The molecule has 2 amide bonds. The van der Waals surface area contributed by atoms with Crippen LogP contribution >= 0.6 is 7.26 Å². The zero-order valence-electron chi connectivity index (χ0n) is 15.8. The van der Waals surface area contributed by atoms with E-state index < -0.39 is 7.26 Å². The SMILES string of the molecule is CC1=C(C)[C@H]2[C@H]3C(=O)N(c4ccccc4)C(=O)[C@H]3[C@@H]1[P+]2(C)c1ccccc1. The number of allylic oxidation sites excluding steroid dienone is 2. The molecule has 3 aliphatic heterocycles. The molecule has 0 aliphatic carbocycles. The molecule has 2 aromatic carbocycles. The Balaban J connectivity index is 1.65. The average molecular weight is 376 g/mol. The van der Waals surface area contributed by atoms with E-state index in [1.807, 2.05) is 36.4 Å². The van der Waals surface area contributed by atoms with E-state index in [-0.39, 0.29) is 35.0 Å². The highest BCUT2D eigenvalue weighted by Crippen LogP contribution is 2.81. The third-order valence-electron chi connectivity index (χ3n) is 7.07. The summed E-state index contributed by atoms with van der Waals surface area (Å²) in [6, 6.07) is 20.0. The van der Waals surface area contributed by atoms with E-state index in [0.717, 1.165) is 0 Å². The van der Waals surface area contributed by atoms with Crippen LogP contribution in [0, 0.1) is 11.8 Å². The van der Waals surface area contributed by atoms with Gasteiger partial charge < -0.3 is 0 Å². The Bertz CT molecular complexity index is 944. The van der Waals surface area contributed by atoms with Gasteiger partial charge >= 0.3 is 0 Å². The number of benzene rings is 2. The van der Waals surface area contributed by atoms with Crippen LogP contribution in [-0.4, -0.2) is 29.8 Å². The number of imide groups is 1. The molecule has 3 heterocycles. The Labute approximate surface area is 160 Å². The van der Waals surface area contributed by atoms with E-state index in [1.165, 1.54) is 21.4 Å². The van der Waals surface area contributed by atoms with Gasteiger partial charge in [0, 0.05) is 0 Å². The Kier molecular flexibility index (Phi) is 3.52. The number of anilines is 1. The van der Waals surface area contributed by atoms with E-state index in [0.29, 0.717) is 5.69 Å². The number of rotatable bonds is 2. The molecule has 0 saturated carbocycles. The molecule has 3 nitrogen and oxygen atoms in total. The fourth-order valence-electron chi connectivity index (χ4n) is 5.93. The smallest absolute Gasteiger partial charge is 0.242 e. The second-order valence-corrected chi connectivity index (χ2v) is 12.1. The zero-order chi connectivity index (χ0) is 18.9. The fraction of sp³-hybridized carbons (Fsp3) is 0.304. The van der Waals surface area contributed by atoms with Crippen LogP contribution in [0.2, 0.25) is 0 Å². The number of para-hydroxylation sites is 1. The first-order valence-electron chi connectivity index (χ1n) is 9.49. The third-order valence-corrected chi connectivity index (χ3v) is 12.2. The molecule has 1 unspecified atom stereocenters. The summed E-state index contributed by atoms with van der Waals surface area (Å²) in [5, 5.41) is 1.34. The minimum atomic E-state index is -1.67. The Hall–Kier alpha value is -2.25. The summed E-state index contributed by atoms with van der Waals surface area (Å²) >= 11 is 0. The summed E-state index contributed by atoms with van der Waals surface area (Å²) in [6.07, 6.45) is 0. The van der Waals surface area contributed by atoms with Gasteiger partial charge in [-0.3, -0.25) is 9.59 Å². The van der Waals surface area contributed by atoms with Gasteiger partial charge in [-0.25, -0.2) is 4.90 Å². The summed E-state index contributed by atoms with van der Waals surface area (Å²) in [5.41, 5.74) is 3.78. The highest BCUT2D eigenvalue weighted by Gasteiger charge is 2.76. The van der Waals surface area contributed by atoms with Gasteiger partial charge in [0.05, 0.1) is 36.8 Å². The maximum Gasteiger partial charge on any atom is 0.242 e. The lowest BCUT2D eigenvalue weighted by molar-refractivity contribution is -0.122. The van der Waals surface area contributed by atoms with Gasteiger partial charge in [-0.15, -0.1) is 0 Å². The molecule has 4 heteroatoms. The van der Waals surface area contributed by atoms with Crippen molar-refractivity contribution >= 4 is 30.1 Å². The minimum absolute atomic E-state index is 0.00212. The lowest BCUT2D eigenvalue weighted by Crippen LogP contribution is -2.36. The van der Waals surface area contributed by atoms with Crippen molar-refractivity contribution in [3.63, 3.8) is 0 Å². The Morgan fingerprint density at radius 1 is 0.741 bits per heavy atom. The van der Waals surface area contributed by atoms with E-state index >= 15 is 0 Å². The van der Waals surface area contributed by atoms with Crippen molar-refractivity contribution in [1.29, 1.82) is 0 Å². The van der Waals surface area contributed by atoms with Gasteiger partial charge in [0.2, 0.25) is 11.8 Å². The van der Waals surface area contributed by atoms with Crippen LogP contribution < -0.4 is 10.2 Å². The van der Waals surface area contributed by atoms with Gasteiger partial charge in [-0.1, -0.05) is 36.4 Å². The van der Waals surface area contributed by atoms with Crippen molar-refractivity contribution in [2.24, 2.45) is 11.8 Å². The molecule has 0 radical (unpaired) electrons. The predicted molar refractivity (Wildman–Crippen MR) is 111 cm³/mol. The van der Waals surface area contributed by atoms with Crippen LogP contribution in [0.25, 0.3) is 0 Å². The molecule has 2 aromatic rings. The number of nitrogens with zero attached hydrogens (tertiary/aromatic N) is 1. The summed E-state index contributed by atoms with van der Waals surface area (Å²) in [4.78, 5) is 28.4. The molecule has 0 N–H and O–H groups in total. The lowest BCUT2D eigenvalue weighted by atomic mass is 9.78. The summed E-state index contributed by atoms with van der Waals surface area (Å²) in [6.45, 7) is 6.73. The van der Waals surface area contributed by atoms with Crippen LogP contribution in [0.3, 0.4) is 0 Å². The summed E-state index contributed by atoms with van der Waals surface area (Å²) < 4.78 is 0. The minimum Gasteiger partial charge on any atom is -0.273 e. The molecule has 5 atom stereocenters. The van der Waals surface area contributed by atoms with Gasteiger partial charge in [0.25, 0.3) is 0 Å². The van der Waals surface area contributed by atoms with Crippen LogP contribution in [0.5, 0.6) is 0 Å². The highest BCUT2D eigenvalue weighted by molar-refractivity contribution is 7.84. The average Bonchev–Trinajstić information content (AvgIpc) is 3.18. The maximum absolute atomic E-state index is 13.5. The number of amides is 2. The zero-order valence-corrected chi connectivity index (χ0v) is 16.7. The standard InChI is InChI=1S/C23H23NO2P/c1-14-15(2)21-19-18(20(14)27(21,3)17-12-8-5-9-13-17)22(25)24(23(19)26)16-10-6-4-7-11-16/h4-13,18-21H,1-3H3/q+1/t18-,19+,20-,21+,27?. The Morgan fingerprint density at radius 2 is 1.19 bits per heavy atom. The van der Waals surface area contributed by atoms with E-state index in [4.69, 9.17) is 0 Å². The van der Waals surface area contributed by atoms with Crippen molar-refractivity contribution in [2.45, 2.75) is 25.2 Å².